The molecule has 9 unspecified atom stereocenters. The van der Waals surface area contributed by atoms with Crippen molar-refractivity contribution in [2.75, 3.05) is 0 Å². The third-order valence-corrected chi connectivity index (χ3v) is 12.1. The second-order valence-corrected chi connectivity index (χ2v) is 16.6. The summed E-state index contributed by atoms with van der Waals surface area (Å²) in [6, 6.07) is 0. The zero-order valence-corrected chi connectivity index (χ0v) is 28.2. The molecule has 9 atom stereocenters. The Morgan fingerprint density at radius 2 is 1.63 bits per heavy atom. The minimum atomic E-state index is -4.71. The Morgan fingerprint density at radius 1 is 1.00 bits per heavy atom. The van der Waals surface area contributed by atoms with E-state index in [9.17, 15) is 18.1 Å². The molecule has 4 heterocycles. The summed E-state index contributed by atoms with van der Waals surface area (Å²) in [4.78, 5) is 0.315. The van der Waals surface area contributed by atoms with E-state index in [4.69, 9.17) is 23.1 Å². The van der Waals surface area contributed by atoms with Crippen molar-refractivity contribution in [3.05, 3.63) is 12.2 Å². The number of ether oxygens (including phenoxy) is 4. The average molecular weight is 668 g/mol. The maximum absolute atomic E-state index is 11.7. The number of rotatable bonds is 9. The summed E-state index contributed by atoms with van der Waals surface area (Å²) >= 11 is 3.78. The number of hydrogen-bond donors (Lipinski definition) is 2. The average Bonchev–Trinajstić information content (AvgIpc) is 3.26. The third kappa shape index (κ3) is 7.59. The first-order valence-corrected chi connectivity index (χ1v) is 17.3. The normalized spacial score (nSPS) is 42.4. The summed E-state index contributed by atoms with van der Waals surface area (Å²) in [6.07, 6.45) is 5.35. The number of fused-ring (bicyclic) bond motifs is 1. The van der Waals surface area contributed by atoms with Crippen molar-refractivity contribution < 1.29 is 41.2 Å². The Labute approximate surface area is 255 Å². The minimum Gasteiger partial charge on any atom is -0.388 e. The quantitative estimate of drug-likeness (QED) is 0.178. The Kier molecular flexibility index (Phi) is 9.62. The highest BCUT2D eigenvalue weighted by molar-refractivity contribution is 9.09. The summed E-state index contributed by atoms with van der Waals surface area (Å²) in [5.41, 5.74) is -2.29. The van der Waals surface area contributed by atoms with E-state index in [1.54, 1.807) is 20.8 Å². The fourth-order valence-corrected chi connectivity index (χ4v) is 8.21. The molecule has 0 aromatic heterocycles. The molecule has 4 fully saturated rings. The Balaban J connectivity index is 1.36. The van der Waals surface area contributed by atoms with Gasteiger partial charge in [-0.25, -0.2) is 4.18 Å². The number of alkyl halides is 1. The molecule has 4 aliphatic rings. The van der Waals surface area contributed by atoms with E-state index in [2.05, 4.69) is 50.2 Å². The number of halogens is 1. The van der Waals surface area contributed by atoms with E-state index in [1.807, 2.05) is 0 Å². The van der Waals surface area contributed by atoms with Gasteiger partial charge in [0.15, 0.2) is 0 Å². The molecular weight excluding hydrogens is 616 g/mol. The van der Waals surface area contributed by atoms with Crippen molar-refractivity contribution in [2.24, 2.45) is 0 Å². The first kappa shape index (κ1) is 33.8. The second kappa shape index (κ2) is 11.7. The van der Waals surface area contributed by atoms with Gasteiger partial charge in [0.1, 0.15) is 6.10 Å². The lowest BCUT2D eigenvalue weighted by Crippen LogP contribution is -2.62. The summed E-state index contributed by atoms with van der Waals surface area (Å²) < 4.78 is 64.3. The lowest BCUT2D eigenvalue weighted by molar-refractivity contribution is -0.285. The summed E-state index contributed by atoms with van der Waals surface area (Å²) in [5, 5.41) is 10.4. The van der Waals surface area contributed by atoms with Gasteiger partial charge in [-0.3, -0.25) is 4.55 Å². The largest absolute Gasteiger partial charge is 0.397 e. The Morgan fingerprint density at radius 3 is 2.22 bits per heavy atom. The number of aliphatic hydroxyl groups is 1. The van der Waals surface area contributed by atoms with Gasteiger partial charge in [0.25, 0.3) is 0 Å². The maximum Gasteiger partial charge on any atom is 0.397 e. The smallest absolute Gasteiger partial charge is 0.388 e. The van der Waals surface area contributed by atoms with E-state index >= 15 is 0 Å². The molecule has 0 amide bonds. The van der Waals surface area contributed by atoms with Gasteiger partial charge in [-0.2, -0.15) is 8.42 Å². The van der Waals surface area contributed by atoms with Crippen molar-refractivity contribution in [1.82, 2.24) is 0 Å². The molecule has 4 aliphatic heterocycles. The van der Waals surface area contributed by atoms with Gasteiger partial charge >= 0.3 is 10.4 Å². The minimum absolute atomic E-state index is 0.00131. The van der Waals surface area contributed by atoms with Crippen molar-refractivity contribution in [3.63, 3.8) is 0 Å². The second-order valence-electron chi connectivity index (χ2n) is 14.5. The molecule has 4 saturated heterocycles. The van der Waals surface area contributed by atoms with Gasteiger partial charge < -0.3 is 24.1 Å². The Hall–Kier alpha value is -0.110. The van der Waals surface area contributed by atoms with Crippen LogP contribution >= 0.6 is 15.9 Å². The zero-order valence-electron chi connectivity index (χ0n) is 25.8. The van der Waals surface area contributed by atoms with Gasteiger partial charge in [0.05, 0.1) is 52.4 Å². The SMILES string of the molecule is C=C(CCC(OS(=O)(=O)O)C1(C)CCC(C(C)(C)O)O1)C1CCC2OC(C3(C)CCC(Br)C(C)(C)O3)CCC2(C)O1. The van der Waals surface area contributed by atoms with Gasteiger partial charge in [-0.05, 0) is 118 Å². The fraction of sp³-hybridized carbons (Fsp3) is 0.933. The van der Waals surface area contributed by atoms with Crippen LogP contribution in [0.3, 0.4) is 0 Å². The highest BCUT2D eigenvalue weighted by Gasteiger charge is 2.54. The van der Waals surface area contributed by atoms with E-state index in [0.717, 1.165) is 44.1 Å². The molecule has 0 aromatic carbocycles. The molecule has 0 bridgehead atoms. The van der Waals surface area contributed by atoms with Crippen LogP contribution in [0.2, 0.25) is 0 Å². The molecule has 0 saturated carbocycles. The van der Waals surface area contributed by atoms with E-state index in [-0.39, 0.29) is 35.9 Å². The van der Waals surface area contributed by atoms with Crippen molar-refractivity contribution in [3.8, 4) is 0 Å². The third-order valence-electron chi connectivity index (χ3n) is 10.0. The van der Waals surface area contributed by atoms with Crippen LogP contribution in [-0.2, 0) is 33.5 Å². The molecule has 238 valence electrons. The summed E-state index contributed by atoms with van der Waals surface area (Å²) in [5.74, 6) is 0. The molecule has 2 N–H and O–H groups in total. The van der Waals surface area contributed by atoms with Crippen molar-refractivity contribution in [2.45, 2.75) is 176 Å². The van der Waals surface area contributed by atoms with Crippen molar-refractivity contribution in [1.29, 1.82) is 0 Å². The zero-order chi connectivity index (χ0) is 30.6. The molecule has 0 radical (unpaired) electrons. The first-order valence-electron chi connectivity index (χ1n) is 15.1. The van der Waals surface area contributed by atoms with Crippen LogP contribution in [0.5, 0.6) is 0 Å². The molecule has 4 rings (SSSR count). The standard InChI is InChI=1S/C30H51BrO9S/c1-19(9-11-25(39-41(33,34)35)29(7)17-14-22(38-29)26(2,3)32)20-10-12-23-28(6,37-20)18-15-24(36-23)30(8)16-13-21(31)27(4,5)40-30/h20-25,32H,1,9-18H2,2-8H3,(H,33,34,35). The molecule has 41 heavy (non-hydrogen) atoms. The lowest BCUT2D eigenvalue weighted by Gasteiger charge is -2.55. The van der Waals surface area contributed by atoms with Crippen LogP contribution in [0, 0.1) is 0 Å². The highest BCUT2D eigenvalue weighted by Crippen LogP contribution is 2.48. The van der Waals surface area contributed by atoms with Gasteiger partial charge in [-0.15, -0.1) is 0 Å². The van der Waals surface area contributed by atoms with Crippen LogP contribution in [0.25, 0.3) is 0 Å². The van der Waals surface area contributed by atoms with E-state index in [0.29, 0.717) is 24.1 Å². The lowest BCUT2D eigenvalue weighted by atomic mass is 9.76. The fourth-order valence-electron chi connectivity index (χ4n) is 7.30. The molecule has 0 aromatic rings. The van der Waals surface area contributed by atoms with Crippen LogP contribution in [0.15, 0.2) is 12.2 Å². The first-order chi connectivity index (χ1) is 18.7. The van der Waals surface area contributed by atoms with E-state index in [1.165, 1.54) is 0 Å². The molecule has 9 nitrogen and oxygen atoms in total. The molecule has 0 aliphatic carbocycles. The monoisotopic (exact) mass is 666 g/mol. The highest BCUT2D eigenvalue weighted by atomic mass is 79.9. The van der Waals surface area contributed by atoms with Gasteiger partial charge in [-0.1, -0.05) is 22.5 Å². The van der Waals surface area contributed by atoms with Gasteiger partial charge in [0, 0.05) is 4.83 Å². The molecule has 11 heteroatoms. The topological polar surface area (TPSA) is 121 Å². The van der Waals surface area contributed by atoms with Crippen LogP contribution in [0.4, 0.5) is 0 Å². The molecule has 0 spiro atoms. The van der Waals surface area contributed by atoms with Gasteiger partial charge in [0.2, 0.25) is 0 Å². The molecular formula is C30H51BrO9S. The van der Waals surface area contributed by atoms with Crippen LogP contribution in [-0.4, -0.2) is 81.4 Å². The predicted octanol–water partition coefficient (Wildman–Crippen LogP) is 5.82. The Bertz CT molecular complexity index is 1070. The summed E-state index contributed by atoms with van der Waals surface area (Å²) in [6.45, 7) is 18.0. The van der Waals surface area contributed by atoms with Crippen LogP contribution < -0.4 is 0 Å². The predicted molar refractivity (Wildman–Crippen MR) is 160 cm³/mol. The maximum atomic E-state index is 11.7. The van der Waals surface area contributed by atoms with Crippen LogP contribution in [0.1, 0.15) is 113 Å². The number of hydrogen-bond acceptors (Lipinski definition) is 8. The summed E-state index contributed by atoms with van der Waals surface area (Å²) in [7, 11) is -4.71. The van der Waals surface area contributed by atoms with Crippen molar-refractivity contribution >= 4 is 26.3 Å². The van der Waals surface area contributed by atoms with E-state index < -0.39 is 39.4 Å².